The molecule has 264 valence electrons. The van der Waals surface area contributed by atoms with Crippen molar-refractivity contribution in [1.82, 2.24) is 20.2 Å². The van der Waals surface area contributed by atoms with E-state index in [4.69, 9.17) is 9.47 Å². The SMILES string of the molecule is C[C@H]1[C@@H](CN(C)[C@@H](C)c2ccccc2)O[C@@H](c2cccc(-c3cccc(CNC(=O)c4cnc5ccccc5n4)c3)c2)O[C@H]1c1ccc(CO)cc1. The highest BCUT2D eigenvalue weighted by Crippen LogP contribution is 2.43. The molecule has 0 aliphatic carbocycles. The minimum atomic E-state index is -0.588. The molecule has 6 aromatic rings. The number of benzene rings is 5. The molecule has 0 bridgehead atoms. The molecular formula is C44H44N4O4. The maximum absolute atomic E-state index is 13.0. The number of hydrogen-bond donors (Lipinski definition) is 2. The van der Waals surface area contributed by atoms with Crippen LogP contribution in [-0.2, 0) is 22.6 Å². The molecule has 5 aromatic carbocycles. The minimum Gasteiger partial charge on any atom is -0.392 e. The average molecular weight is 693 g/mol. The van der Waals surface area contributed by atoms with E-state index in [9.17, 15) is 9.90 Å². The number of amides is 1. The van der Waals surface area contributed by atoms with Gasteiger partial charge in [-0.3, -0.25) is 14.7 Å². The molecule has 52 heavy (non-hydrogen) atoms. The Morgan fingerprint density at radius 2 is 1.52 bits per heavy atom. The Balaban J connectivity index is 1.10. The van der Waals surface area contributed by atoms with Gasteiger partial charge in [0.05, 0.1) is 36.0 Å². The molecule has 2 N–H and O–H groups in total. The number of aliphatic hydroxyl groups excluding tert-OH is 1. The summed E-state index contributed by atoms with van der Waals surface area (Å²) < 4.78 is 13.6. The predicted octanol–water partition coefficient (Wildman–Crippen LogP) is 8.20. The molecule has 1 fully saturated rings. The number of para-hydroxylation sites is 2. The second-order valence-corrected chi connectivity index (χ2v) is 13.6. The maximum Gasteiger partial charge on any atom is 0.271 e. The van der Waals surface area contributed by atoms with Gasteiger partial charge in [0.1, 0.15) is 5.69 Å². The summed E-state index contributed by atoms with van der Waals surface area (Å²) in [5, 5.41) is 12.7. The third kappa shape index (κ3) is 7.96. The Morgan fingerprint density at radius 3 is 2.29 bits per heavy atom. The Bertz CT molecular complexity index is 2120. The van der Waals surface area contributed by atoms with Crippen LogP contribution in [0.15, 0.2) is 134 Å². The van der Waals surface area contributed by atoms with Gasteiger partial charge in [0.2, 0.25) is 0 Å². The lowest BCUT2D eigenvalue weighted by Crippen LogP contribution is -2.44. The van der Waals surface area contributed by atoms with E-state index in [1.165, 1.54) is 11.8 Å². The fraction of sp³-hybridized carbons (Fsp3) is 0.250. The number of likely N-dealkylation sites (N-methyl/N-ethyl adjacent to an activating group) is 1. The zero-order valence-electron chi connectivity index (χ0n) is 29.7. The van der Waals surface area contributed by atoms with Gasteiger partial charge in [0.15, 0.2) is 6.29 Å². The summed E-state index contributed by atoms with van der Waals surface area (Å²) in [6.07, 6.45) is 0.603. The first-order valence-electron chi connectivity index (χ1n) is 17.8. The smallest absolute Gasteiger partial charge is 0.271 e. The first-order chi connectivity index (χ1) is 25.4. The third-order valence-corrected chi connectivity index (χ3v) is 10.1. The zero-order chi connectivity index (χ0) is 36.0. The summed E-state index contributed by atoms with van der Waals surface area (Å²) in [4.78, 5) is 24.2. The Morgan fingerprint density at radius 1 is 0.808 bits per heavy atom. The molecule has 1 aromatic heterocycles. The van der Waals surface area contributed by atoms with Crippen molar-refractivity contribution in [2.24, 2.45) is 5.92 Å². The fourth-order valence-electron chi connectivity index (χ4n) is 6.82. The van der Waals surface area contributed by atoms with Crippen molar-refractivity contribution >= 4 is 16.9 Å². The first kappa shape index (κ1) is 35.2. The van der Waals surface area contributed by atoms with Gasteiger partial charge in [-0.1, -0.05) is 110 Å². The summed E-state index contributed by atoms with van der Waals surface area (Å²) in [7, 11) is 2.15. The monoisotopic (exact) mass is 692 g/mol. The van der Waals surface area contributed by atoms with Crippen molar-refractivity contribution in [2.45, 2.75) is 51.5 Å². The van der Waals surface area contributed by atoms with Crippen molar-refractivity contribution in [2.75, 3.05) is 13.6 Å². The number of nitrogens with one attached hydrogen (secondary N) is 1. The van der Waals surface area contributed by atoms with E-state index in [1.54, 1.807) is 0 Å². The molecule has 1 saturated heterocycles. The van der Waals surface area contributed by atoms with E-state index in [1.807, 2.05) is 60.7 Å². The Labute approximate surface area is 305 Å². The first-order valence-corrected chi connectivity index (χ1v) is 17.8. The van der Waals surface area contributed by atoms with Crippen LogP contribution in [0.4, 0.5) is 0 Å². The highest BCUT2D eigenvalue weighted by Gasteiger charge is 2.39. The van der Waals surface area contributed by atoms with Gasteiger partial charge in [0, 0.05) is 30.6 Å². The molecule has 7 rings (SSSR count). The van der Waals surface area contributed by atoms with Crippen LogP contribution in [0, 0.1) is 5.92 Å². The summed E-state index contributed by atoms with van der Waals surface area (Å²) in [5.41, 5.74) is 8.83. The van der Waals surface area contributed by atoms with Crippen LogP contribution in [0.3, 0.4) is 0 Å². The van der Waals surface area contributed by atoms with Crippen LogP contribution in [0.1, 0.15) is 70.6 Å². The van der Waals surface area contributed by atoms with Crippen LogP contribution in [0.25, 0.3) is 22.2 Å². The predicted molar refractivity (Wildman–Crippen MR) is 203 cm³/mol. The summed E-state index contributed by atoms with van der Waals surface area (Å²) in [6.45, 7) is 5.49. The molecule has 0 radical (unpaired) electrons. The summed E-state index contributed by atoms with van der Waals surface area (Å²) in [5.74, 6) is -0.206. The lowest BCUT2D eigenvalue weighted by Gasteiger charge is -2.43. The maximum atomic E-state index is 13.0. The molecule has 8 nitrogen and oxygen atoms in total. The molecule has 2 heterocycles. The summed E-state index contributed by atoms with van der Waals surface area (Å²) >= 11 is 0. The van der Waals surface area contributed by atoms with Gasteiger partial charge in [-0.05, 0) is 71.6 Å². The van der Waals surface area contributed by atoms with Crippen LogP contribution in [0.2, 0.25) is 0 Å². The highest BCUT2D eigenvalue weighted by atomic mass is 16.7. The number of hydrogen-bond acceptors (Lipinski definition) is 7. The van der Waals surface area contributed by atoms with Crippen molar-refractivity contribution < 1.29 is 19.4 Å². The summed E-state index contributed by atoms with van der Waals surface area (Å²) in [6, 6.07) is 42.7. The van der Waals surface area contributed by atoms with E-state index >= 15 is 0 Å². The number of aliphatic hydroxyl groups is 1. The molecule has 1 aliphatic rings. The molecule has 8 heteroatoms. The molecular weight excluding hydrogens is 649 g/mol. The van der Waals surface area contributed by atoms with Crippen LogP contribution in [0.5, 0.6) is 0 Å². The Hall–Kier alpha value is -5.25. The number of aromatic nitrogens is 2. The largest absolute Gasteiger partial charge is 0.392 e. The molecule has 0 spiro atoms. The van der Waals surface area contributed by atoms with Crippen molar-refractivity contribution in [3.63, 3.8) is 0 Å². The van der Waals surface area contributed by atoms with Gasteiger partial charge in [-0.15, -0.1) is 0 Å². The van der Waals surface area contributed by atoms with Crippen molar-refractivity contribution in [3.05, 3.63) is 167 Å². The minimum absolute atomic E-state index is 0.00259. The standard InChI is InChI=1S/C44H44N4O4/c1-29-41(27-48(3)30(2)33-12-5-4-6-13-33)51-44(52-42(29)34-21-19-31(28-49)20-22-34)37-16-10-15-36(24-37)35-14-9-11-32(23-35)25-46-43(50)40-26-45-38-17-7-8-18-39(38)47-40/h4-24,26,29-30,41-42,44,49H,25,27-28H2,1-3H3,(H,46,50)/t29-,30-,41+,42+,44+/m0/s1. The van der Waals surface area contributed by atoms with E-state index in [-0.39, 0.29) is 42.4 Å². The van der Waals surface area contributed by atoms with Gasteiger partial charge >= 0.3 is 0 Å². The van der Waals surface area contributed by atoms with Crippen LogP contribution in [-0.4, -0.2) is 45.6 Å². The number of ether oxygens (including phenoxy) is 2. The zero-order valence-corrected chi connectivity index (χ0v) is 29.7. The van der Waals surface area contributed by atoms with E-state index in [0.29, 0.717) is 12.1 Å². The number of nitrogens with zero attached hydrogens (tertiary/aromatic N) is 3. The number of carbonyl (C=O) groups is 1. The highest BCUT2D eigenvalue weighted by molar-refractivity contribution is 5.93. The lowest BCUT2D eigenvalue weighted by atomic mass is 9.89. The molecule has 5 atom stereocenters. The van der Waals surface area contributed by atoms with Gasteiger partial charge in [-0.2, -0.15) is 0 Å². The van der Waals surface area contributed by atoms with Gasteiger partial charge in [-0.25, -0.2) is 4.98 Å². The molecule has 1 amide bonds. The number of fused-ring (bicyclic) bond motifs is 1. The second-order valence-electron chi connectivity index (χ2n) is 13.6. The molecule has 0 unspecified atom stereocenters. The topological polar surface area (TPSA) is 96.8 Å². The van der Waals surface area contributed by atoms with Gasteiger partial charge in [0.25, 0.3) is 5.91 Å². The normalized spacial score (nSPS) is 19.4. The average Bonchev–Trinajstić information content (AvgIpc) is 3.20. The molecule has 1 aliphatic heterocycles. The molecule has 0 saturated carbocycles. The van der Waals surface area contributed by atoms with Gasteiger partial charge < -0.3 is 19.9 Å². The van der Waals surface area contributed by atoms with Crippen LogP contribution < -0.4 is 5.32 Å². The van der Waals surface area contributed by atoms with Crippen molar-refractivity contribution in [3.8, 4) is 11.1 Å². The number of carbonyl (C=O) groups excluding carboxylic acids is 1. The third-order valence-electron chi connectivity index (χ3n) is 10.1. The quantitative estimate of drug-likeness (QED) is 0.141. The van der Waals surface area contributed by atoms with E-state index < -0.39 is 6.29 Å². The van der Waals surface area contributed by atoms with Crippen LogP contribution >= 0.6 is 0 Å². The lowest BCUT2D eigenvalue weighted by molar-refractivity contribution is -0.276. The van der Waals surface area contributed by atoms with Crippen molar-refractivity contribution in [1.29, 1.82) is 0 Å². The number of rotatable bonds is 11. The van der Waals surface area contributed by atoms with E-state index in [2.05, 4.69) is 108 Å². The fourth-order valence-corrected chi connectivity index (χ4v) is 6.82. The van der Waals surface area contributed by atoms with E-state index in [0.717, 1.165) is 45.4 Å². The Kier molecular flexibility index (Phi) is 10.8. The second kappa shape index (κ2) is 16.0.